The van der Waals surface area contributed by atoms with Crippen LogP contribution in [0.5, 0.6) is 0 Å². The maximum atomic E-state index is 13.7. The predicted molar refractivity (Wildman–Crippen MR) is 64.4 cm³/mol. The molecule has 1 aliphatic rings. The van der Waals surface area contributed by atoms with E-state index in [4.69, 9.17) is 5.73 Å². The Morgan fingerprint density at radius 1 is 0.944 bits per heavy atom. The third-order valence-corrected chi connectivity index (χ3v) is 3.78. The van der Waals surface area contributed by atoms with Gasteiger partial charge in [-0.3, -0.25) is 0 Å². The summed E-state index contributed by atoms with van der Waals surface area (Å²) in [6.45, 7) is 0. The first kappa shape index (κ1) is 13.4. The van der Waals surface area contributed by atoms with E-state index in [1.54, 1.807) is 0 Å². The highest BCUT2D eigenvalue weighted by Crippen LogP contribution is 2.34. The Kier molecular flexibility index (Phi) is 4.27. The topological polar surface area (TPSA) is 26.0 Å². The number of rotatable bonds is 2. The number of hydrogen-bond acceptors (Lipinski definition) is 1. The van der Waals surface area contributed by atoms with Crippen molar-refractivity contribution in [1.29, 1.82) is 0 Å². The van der Waals surface area contributed by atoms with Gasteiger partial charge >= 0.3 is 0 Å². The molecule has 2 N–H and O–H groups in total. The molecule has 100 valence electrons. The average molecular weight is 257 g/mol. The standard InChI is InChI=1S/C14H18F3N/c15-10-7-11(16)13(12(17)8-10)14(18)9-5-3-1-2-4-6-9/h7-9,14H,1-6,18H2. The normalized spacial score (nSPS) is 19.6. The second-order valence-corrected chi connectivity index (χ2v) is 5.06. The van der Waals surface area contributed by atoms with Gasteiger partial charge in [-0.2, -0.15) is 0 Å². The highest BCUT2D eigenvalue weighted by molar-refractivity contribution is 5.24. The van der Waals surface area contributed by atoms with Crippen LogP contribution in [0.1, 0.15) is 50.1 Å². The van der Waals surface area contributed by atoms with Crippen LogP contribution >= 0.6 is 0 Å². The van der Waals surface area contributed by atoms with E-state index >= 15 is 0 Å². The molecular weight excluding hydrogens is 239 g/mol. The summed E-state index contributed by atoms with van der Waals surface area (Å²) >= 11 is 0. The molecule has 1 aromatic carbocycles. The molecule has 0 aromatic heterocycles. The van der Waals surface area contributed by atoms with Gasteiger partial charge < -0.3 is 5.73 Å². The van der Waals surface area contributed by atoms with Crippen molar-refractivity contribution >= 4 is 0 Å². The molecule has 1 aromatic rings. The maximum absolute atomic E-state index is 13.7. The SMILES string of the molecule is NC(c1c(F)cc(F)cc1F)C1CCCCCC1. The highest BCUT2D eigenvalue weighted by Gasteiger charge is 2.26. The molecule has 0 saturated heterocycles. The van der Waals surface area contributed by atoms with Crippen LogP contribution in [0.15, 0.2) is 12.1 Å². The van der Waals surface area contributed by atoms with E-state index in [9.17, 15) is 13.2 Å². The summed E-state index contributed by atoms with van der Waals surface area (Å²) in [7, 11) is 0. The molecule has 0 radical (unpaired) electrons. The lowest BCUT2D eigenvalue weighted by Crippen LogP contribution is -2.23. The van der Waals surface area contributed by atoms with Crippen molar-refractivity contribution in [3.63, 3.8) is 0 Å². The Bertz CT molecular complexity index is 388. The fourth-order valence-electron chi connectivity index (χ4n) is 2.78. The first-order valence-electron chi connectivity index (χ1n) is 6.49. The fourth-order valence-corrected chi connectivity index (χ4v) is 2.78. The van der Waals surface area contributed by atoms with Crippen LogP contribution in [-0.4, -0.2) is 0 Å². The minimum absolute atomic E-state index is 0.0851. The van der Waals surface area contributed by atoms with Crippen molar-refractivity contribution in [3.8, 4) is 0 Å². The van der Waals surface area contributed by atoms with Crippen molar-refractivity contribution < 1.29 is 13.2 Å². The third kappa shape index (κ3) is 2.86. The lowest BCUT2D eigenvalue weighted by molar-refractivity contribution is 0.360. The van der Waals surface area contributed by atoms with Crippen LogP contribution in [0.3, 0.4) is 0 Å². The Hall–Kier alpha value is -1.03. The smallest absolute Gasteiger partial charge is 0.133 e. The summed E-state index contributed by atoms with van der Waals surface area (Å²) in [5, 5.41) is 0. The van der Waals surface area contributed by atoms with Gasteiger partial charge in [0.05, 0.1) is 0 Å². The van der Waals surface area contributed by atoms with Crippen LogP contribution in [-0.2, 0) is 0 Å². The molecule has 4 heteroatoms. The molecule has 18 heavy (non-hydrogen) atoms. The Morgan fingerprint density at radius 2 is 1.44 bits per heavy atom. The lowest BCUT2D eigenvalue weighted by Gasteiger charge is -2.23. The molecule has 0 bridgehead atoms. The third-order valence-electron chi connectivity index (χ3n) is 3.78. The summed E-state index contributed by atoms with van der Waals surface area (Å²) in [4.78, 5) is 0. The van der Waals surface area contributed by atoms with Crippen molar-refractivity contribution in [2.75, 3.05) is 0 Å². The first-order chi connectivity index (χ1) is 8.59. The van der Waals surface area contributed by atoms with E-state index in [0.29, 0.717) is 12.1 Å². The van der Waals surface area contributed by atoms with Crippen LogP contribution < -0.4 is 5.73 Å². The van der Waals surface area contributed by atoms with Gasteiger partial charge in [0.1, 0.15) is 17.5 Å². The Labute approximate surface area is 105 Å². The van der Waals surface area contributed by atoms with Gasteiger partial charge in [0.25, 0.3) is 0 Å². The van der Waals surface area contributed by atoms with E-state index in [0.717, 1.165) is 38.5 Å². The highest BCUT2D eigenvalue weighted by atomic mass is 19.1. The number of nitrogens with two attached hydrogens (primary N) is 1. The van der Waals surface area contributed by atoms with Gasteiger partial charge in [-0.25, -0.2) is 13.2 Å². The van der Waals surface area contributed by atoms with E-state index in [-0.39, 0.29) is 11.5 Å². The monoisotopic (exact) mass is 257 g/mol. The molecule has 0 aliphatic heterocycles. The van der Waals surface area contributed by atoms with Gasteiger partial charge in [0.15, 0.2) is 0 Å². The summed E-state index contributed by atoms with van der Waals surface area (Å²) in [6, 6.07) is 0.730. The zero-order valence-corrected chi connectivity index (χ0v) is 10.3. The van der Waals surface area contributed by atoms with Crippen molar-refractivity contribution in [2.24, 2.45) is 11.7 Å². The summed E-state index contributed by atoms with van der Waals surface area (Å²) in [6.07, 6.45) is 6.16. The quantitative estimate of drug-likeness (QED) is 0.794. The van der Waals surface area contributed by atoms with E-state index in [1.807, 2.05) is 0 Å². The average Bonchev–Trinajstić information content (AvgIpc) is 2.55. The van der Waals surface area contributed by atoms with Crippen molar-refractivity contribution in [1.82, 2.24) is 0 Å². The van der Waals surface area contributed by atoms with E-state index in [1.165, 1.54) is 0 Å². The minimum Gasteiger partial charge on any atom is -0.324 e. The Balaban J connectivity index is 2.24. The minimum atomic E-state index is -0.901. The fraction of sp³-hybridized carbons (Fsp3) is 0.571. The predicted octanol–water partition coefficient (Wildman–Crippen LogP) is 4.07. The molecule has 1 saturated carbocycles. The molecule has 1 fully saturated rings. The molecule has 0 heterocycles. The maximum Gasteiger partial charge on any atom is 0.133 e. The van der Waals surface area contributed by atoms with Crippen LogP contribution in [0.2, 0.25) is 0 Å². The molecule has 0 amide bonds. The van der Waals surface area contributed by atoms with E-state index in [2.05, 4.69) is 0 Å². The van der Waals surface area contributed by atoms with Crippen molar-refractivity contribution in [3.05, 3.63) is 35.1 Å². The lowest BCUT2D eigenvalue weighted by atomic mass is 9.87. The molecule has 1 atom stereocenters. The summed E-state index contributed by atoms with van der Waals surface area (Å²) in [5.41, 5.74) is 5.82. The summed E-state index contributed by atoms with van der Waals surface area (Å²) in [5.74, 6) is -2.56. The van der Waals surface area contributed by atoms with Crippen LogP contribution in [0.4, 0.5) is 13.2 Å². The van der Waals surface area contributed by atoms with Gasteiger partial charge in [-0.05, 0) is 18.8 Å². The zero-order chi connectivity index (χ0) is 13.1. The molecule has 1 aliphatic carbocycles. The Morgan fingerprint density at radius 3 is 1.94 bits per heavy atom. The zero-order valence-electron chi connectivity index (χ0n) is 10.3. The summed E-state index contributed by atoms with van der Waals surface area (Å²) < 4.78 is 40.2. The van der Waals surface area contributed by atoms with Gasteiger partial charge in [-0.1, -0.05) is 25.7 Å². The van der Waals surface area contributed by atoms with Gasteiger partial charge in [0, 0.05) is 23.7 Å². The molecule has 1 nitrogen and oxygen atoms in total. The van der Waals surface area contributed by atoms with Gasteiger partial charge in [0.2, 0.25) is 0 Å². The second-order valence-electron chi connectivity index (χ2n) is 5.06. The number of halogens is 3. The molecular formula is C14H18F3N. The van der Waals surface area contributed by atoms with Gasteiger partial charge in [-0.15, -0.1) is 0 Å². The van der Waals surface area contributed by atoms with Crippen molar-refractivity contribution in [2.45, 2.75) is 44.6 Å². The second kappa shape index (κ2) is 5.74. The largest absolute Gasteiger partial charge is 0.324 e. The van der Waals surface area contributed by atoms with Crippen LogP contribution in [0.25, 0.3) is 0 Å². The molecule has 1 unspecified atom stereocenters. The number of hydrogen-bond donors (Lipinski definition) is 1. The number of benzene rings is 1. The molecule has 0 spiro atoms. The van der Waals surface area contributed by atoms with E-state index < -0.39 is 23.5 Å². The van der Waals surface area contributed by atoms with Crippen LogP contribution in [0, 0.1) is 23.4 Å². The molecule has 2 rings (SSSR count). The first-order valence-corrected chi connectivity index (χ1v) is 6.49.